The van der Waals surface area contributed by atoms with Gasteiger partial charge >= 0.3 is 18.3 Å². The number of anilines is 1. The fourth-order valence-electron chi connectivity index (χ4n) is 4.70. The Morgan fingerprint density at radius 3 is 2.49 bits per heavy atom. The minimum Gasteiger partial charge on any atom is -0.427 e. The van der Waals surface area contributed by atoms with Crippen molar-refractivity contribution in [2.24, 2.45) is 0 Å². The van der Waals surface area contributed by atoms with Gasteiger partial charge in [-0.15, -0.1) is 0 Å². The fraction of sp³-hybridized carbons (Fsp3) is 0.385. The smallest absolute Gasteiger partial charge is 0.418 e. The molecule has 39 heavy (non-hydrogen) atoms. The first-order chi connectivity index (χ1) is 18.4. The molecule has 4 rings (SSSR count). The third-order valence-corrected chi connectivity index (χ3v) is 6.78. The van der Waals surface area contributed by atoms with Gasteiger partial charge in [0.1, 0.15) is 18.4 Å². The molecule has 0 aromatic heterocycles. The van der Waals surface area contributed by atoms with Crippen LogP contribution in [0.25, 0.3) is 0 Å². The molecule has 1 heterocycles. The van der Waals surface area contributed by atoms with Crippen LogP contribution in [0.3, 0.4) is 0 Å². The number of carbonyl (C=O) groups is 4. The Labute approximate surface area is 221 Å². The lowest BCUT2D eigenvalue weighted by atomic mass is 9.94. The number of nitrogens with one attached hydrogen (secondary N) is 2. The first kappa shape index (κ1) is 27.9. The number of benzene rings is 2. The second kappa shape index (κ2) is 10.5. The zero-order valence-corrected chi connectivity index (χ0v) is 21.1. The molecule has 0 unspecified atom stereocenters. The van der Waals surface area contributed by atoms with Gasteiger partial charge in [-0.25, -0.2) is 18.9 Å². The number of alkyl halides is 3. The van der Waals surface area contributed by atoms with E-state index >= 15 is 0 Å². The van der Waals surface area contributed by atoms with Crippen LogP contribution in [0.5, 0.6) is 0 Å². The summed E-state index contributed by atoms with van der Waals surface area (Å²) in [7, 11) is 0. The van der Waals surface area contributed by atoms with Gasteiger partial charge in [0.15, 0.2) is 0 Å². The molecule has 13 heteroatoms. The highest BCUT2D eigenvalue weighted by Crippen LogP contribution is 2.46. The topological polar surface area (TPSA) is 108 Å². The van der Waals surface area contributed by atoms with Crippen LogP contribution in [-0.4, -0.2) is 59.0 Å². The van der Waals surface area contributed by atoms with Crippen LogP contribution >= 0.6 is 0 Å². The normalized spacial score (nSPS) is 19.1. The third-order valence-electron chi connectivity index (χ3n) is 6.78. The van der Waals surface area contributed by atoms with E-state index in [-0.39, 0.29) is 12.0 Å². The van der Waals surface area contributed by atoms with Gasteiger partial charge in [-0.05, 0) is 55.7 Å². The zero-order chi connectivity index (χ0) is 28.5. The largest absolute Gasteiger partial charge is 0.427 e. The number of urea groups is 1. The van der Waals surface area contributed by atoms with Gasteiger partial charge in [0.25, 0.3) is 5.91 Å². The molecule has 0 saturated carbocycles. The fourth-order valence-corrected chi connectivity index (χ4v) is 4.70. The highest BCUT2D eigenvalue weighted by atomic mass is 19.4. The molecule has 1 aliphatic heterocycles. The number of aryl methyl sites for hydroxylation is 1. The van der Waals surface area contributed by atoms with Crippen molar-refractivity contribution in [2.75, 3.05) is 18.4 Å². The maximum atomic E-state index is 13.6. The Morgan fingerprint density at radius 2 is 1.85 bits per heavy atom. The van der Waals surface area contributed by atoms with Crippen molar-refractivity contribution in [2.45, 2.75) is 51.1 Å². The Balaban J connectivity index is 1.55. The molecule has 1 spiro atoms. The molecular weight excluding hydrogens is 524 g/mol. The number of halogens is 4. The lowest BCUT2D eigenvalue weighted by molar-refractivity contribution is -0.187. The molecule has 5 amide bonds. The maximum Gasteiger partial charge on any atom is 0.418 e. The Kier molecular flexibility index (Phi) is 7.53. The van der Waals surface area contributed by atoms with Crippen molar-refractivity contribution < 1.29 is 41.5 Å². The summed E-state index contributed by atoms with van der Waals surface area (Å²) in [5, 5.41) is 5.24. The van der Waals surface area contributed by atoms with Crippen molar-refractivity contribution >= 4 is 29.6 Å². The van der Waals surface area contributed by atoms with Gasteiger partial charge in [0.05, 0.1) is 0 Å². The summed E-state index contributed by atoms with van der Waals surface area (Å²) in [5.41, 5.74) is -0.00668. The Morgan fingerprint density at radius 1 is 1.15 bits per heavy atom. The molecule has 2 N–H and O–H groups in total. The predicted octanol–water partition coefficient (Wildman–Crippen LogP) is 4.07. The Bertz CT molecular complexity index is 1300. The van der Waals surface area contributed by atoms with Crippen molar-refractivity contribution in [1.82, 2.24) is 15.1 Å². The van der Waals surface area contributed by atoms with Crippen LogP contribution in [0.2, 0.25) is 0 Å². The van der Waals surface area contributed by atoms with Crippen molar-refractivity contribution in [1.29, 1.82) is 0 Å². The highest BCUT2D eigenvalue weighted by molar-refractivity contribution is 6.06. The summed E-state index contributed by atoms with van der Waals surface area (Å²) in [6.45, 7) is 1.47. The standard InChI is InChI=1S/C26H26F4N4O5/c1-3-31-23(37)32-19-8-9-20-17(12-19)10-11-25(20)22(36)34(24(38)39-25)14-21(35)33(15(2)26(28,29)30)13-16-4-6-18(27)7-5-16/h4-9,12,15H,3,10-11,13-14H2,1-2H3,(H2,31,32,37)/t15-,25-/m0/s1. The summed E-state index contributed by atoms with van der Waals surface area (Å²) in [5.74, 6) is -2.59. The number of amides is 5. The minimum absolute atomic E-state index is 0.0699. The van der Waals surface area contributed by atoms with E-state index in [2.05, 4.69) is 10.6 Å². The number of ether oxygens (including phenoxy) is 1. The van der Waals surface area contributed by atoms with Crippen LogP contribution in [0, 0.1) is 5.82 Å². The third kappa shape index (κ3) is 5.52. The van der Waals surface area contributed by atoms with Gasteiger partial charge in [-0.3, -0.25) is 9.59 Å². The van der Waals surface area contributed by atoms with Gasteiger partial charge in [0, 0.05) is 30.8 Å². The van der Waals surface area contributed by atoms with E-state index in [9.17, 15) is 36.7 Å². The van der Waals surface area contributed by atoms with E-state index in [4.69, 9.17) is 4.74 Å². The molecule has 208 valence electrons. The maximum absolute atomic E-state index is 13.6. The summed E-state index contributed by atoms with van der Waals surface area (Å²) in [4.78, 5) is 52.1. The monoisotopic (exact) mass is 550 g/mol. The van der Waals surface area contributed by atoms with Crippen LogP contribution < -0.4 is 10.6 Å². The minimum atomic E-state index is -4.80. The van der Waals surface area contributed by atoms with Crippen molar-refractivity contribution in [3.63, 3.8) is 0 Å². The van der Waals surface area contributed by atoms with E-state index < -0.39 is 60.7 Å². The van der Waals surface area contributed by atoms with E-state index in [1.807, 2.05) is 0 Å². The molecule has 2 aromatic rings. The number of hydrogen-bond acceptors (Lipinski definition) is 5. The first-order valence-electron chi connectivity index (χ1n) is 12.2. The second-order valence-electron chi connectivity index (χ2n) is 9.31. The van der Waals surface area contributed by atoms with E-state index in [1.54, 1.807) is 13.0 Å². The lowest BCUT2D eigenvalue weighted by Crippen LogP contribution is -2.51. The Hall–Kier alpha value is -4.16. The summed E-state index contributed by atoms with van der Waals surface area (Å²) >= 11 is 0. The molecule has 1 fully saturated rings. The molecule has 0 bridgehead atoms. The average molecular weight is 551 g/mol. The van der Waals surface area contributed by atoms with Crippen LogP contribution in [0.1, 0.15) is 37.0 Å². The molecule has 0 radical (unpaired) electrons. The quantitative estimate of drug-likeness (QED) is 0.506. The van der Waals surface area contributed by atoms with E-state index in [0.717, 1.165) is 19.1 Å². The van der Waals surface area contributed by atoms with Gasteiger partial charge in [0.2, 0.25) is 11.5 Å². The SMILES string of the molecule is CCNC(=O)Nc1ccc2c(c1)CC[C@]21OC(=O)N(CC(=O)N(Cc2ccc(F)cc2)[C@@H](C)C(F)(F)F)C1=O. The zero-order valence-electron chi connectivity index (χ0n) is 21.1. The molecule has 1 aliphatic carbocycles. The average Bonchev–Trinajstić information content (AvgIpc) is 3.34. The molecule has 1 saturated heterocycles. The van der Waals surface area contributed by atoms with Gasteiger partial charge < -0.3 is 20.3 Å². The lowest BCUT2D eigenvalue weighted by Gasteiger charge is -2.31. The van der Waals surface area contributed by atoms with E-state index in [1.165, 1.54) is 24.3 Å². The number of carbonyl (C=O) groups excluding carboxylic acids is 4. The van der Waals surface area contributed by atoms with Crippen LogP contribution in [-0.2, 0) is 32.9 Å². The molecular formula is C26H26F4N4O5. The van der Waals surface area contributed by atoms with Gasteiger partial charge in [-0.1, -0.05) is 18.2 Å². The number of rotatable bonds is 7. The summed E-state index contributed by atoms with van der Waals surface area (Å²) in [6, 6.07) is 6.63. The number of nitrogens with zero attached hydrogens (tertiary/aromatic N) is 2. The molecule has 9 nitrogen and oxygen atoms in total. The van der Waals surface area contributed by atoms with Crippen LogP contribution in [0.15, 0.2) is 42.5 Å². The number of imide groups is 1. The highest BCUT2D eigenvalue weighted by Gasteiger charge is 2.58. The van der Waals surface area contributed by atoms with Crippen LogP contribution in [0.4, 0.5) is 32.8 Å². The second-order valence-corrected chi connectivity index (χ2v) is 9.31. The summed E-state index contributed by atoms with van der Waals surface area (Å²) < 4.78 is 59.5. The first-order valence-corrected chi connectivity index (χ1v) is 12.2. The number of hydrogen-bond donors (Lipinski definition) is 2. The molecule has 2 aromatic carbocycles. The summed E-state index contributed by atoms with van der Waals surface area (Å²) in [6.07, 6.45) is -5.55. The van der Waals surface area contributed by atoms with Gasteiger partial charge in [-0.2, -0.15) is 13.2 Å². The predicted molar refractivity (Wildman–Crippen MR) is 130 cm³/mol. The van der Waals surface area contributed by atoms with Crippen molar-refractivity contribution in [3.05, 3.63) is 65.0 Å². The number of fused-ring (bicyclic) bond motifs is 2. The van der Waals surface area contributed by atoms with E-state index in [0.29, 0.717) is 39.6 Å². The molecule has 2 atom stereocenters. The molecule has 2 aliphatic rings. The van der Waals surface area contributed by atoms with Crippen molar-refractivity contribution in [3.8, 4) is 0 Å².